The molecular weight excluding hydrogens is 236 g/mol. The summed E-state index contributed by atoms with van der Waals surface area (Å²) in [4.78, 5) is 11.4. The molecule has 4 N–H and O–H groups in total. The van der Waals surface area contributed by atoms with Gasteiger partial charge in [0.2, 0.25) is 0 Å². The molecule has 90 valence electrons. The first-order valence-corrected chi connectivity index (χ1v) is 5.77. The Labute approximate surface area is 104 Å². The molecule has 0 bridgehead atoms. The molecule has 6 heteroatoms. The monoisotopic (exact) mass is 250 g/mol. The maximum absolute atomic E-state index is 10.7. The first-order valence-electron chi connectivity index (χ1n) is 4.89. The van der Waals surface area contributed by atoms with Crippen LogP contribution >= 0.6 is 11.9 Å². The number of hydrogen-bond acceptors (Lipinski definition) is 5. The van der Waals surface area contributed by atoms with Gasteiger partial charge in [-0.25, -0.2) is 4.68 Å². The Morgan fingerprint density at radius 2 is 2.18 bits per heavy atom. The van der Waals surface area contributed by atoms with Crippen molar-refractivity contribution in [2.24, 2.45) is 10.9 Å². The van der Waals surface area contributed by atoms with Gasteiger partial charge in [0.05, 0.1) is 5.69 Å². The van der Waals surface area contributed by atoms with Gasteiger partial charge in [0, 0.05) is 22.9 Å². The molecule has 0 spiro atoms. The Hall–Kier alpha value is -1.63. The lowest BCUT2D eigenvalue weighted by Gasteiger charge is -2.05. The molecule has 1 aromatic heterocycles. The van der Waals surface area contributed by atoms with Crippen molar-refractivity contribution in [3.8, 4) is 5.69 Å². The smallest absolute Gasteiger partial charge is 0.151 e. The number of hydrogen-bond donors (Lipinski definition) is 2. The van der Waals surface area contributed by atoms with Crippen LogP contribution < -0.4 is 10.9 Å². The molecule has 0 saturated carbocycles. The molecule has 1 aromatic carbocycles. The number of carbonyl (C=O) groups is 1. The van der Waals surface area contributed by atoms with E-state index in [-0.39, 0.29) is 0 Å². The van der Waals surface area contributed by atoms with Crippen LogP contribution in [-0.2, 0) is 0 Å². The molecule has 0 unspecified atom stereocenters. The normalized spacial score (nSPS) is 9.35. The van der Waals surface area contributed by atoms with Gasteiger partial charge in [-0.2, -0.15) is 5.10 Å². The van der Waals surface area contributed by atoms with Gasteiger partial charge in [0.1, 0.15) is 0 Å². The summed E-state index contributed by atoms with van der Waals surface area (Å²) >= 11 is 1.06. The van der Waals surface area contributed by atoms with E-state index in [9.17, 15) is 4.79 Å². The molecule has 0 aliphatic rings. The topological polar surface area (TPSA) is 86.9 Å². The molecular formula is C11H14N4OS. The fraction of sp³-hybridized carbons (Fsp3) is 0.0909. The van der Waals surface area contributed by atoms with E-state index >= 15 is 0 Å². The van der Waals surface area contributed by atoms with Crippen molar-refractivity contribution >= 4 is 18.2 Å². The Morgan fingerprint density at radius 1 is 1.41 bits per heavy atom. The number of nitrogens with two attached hydrogens (primary N) is 2. The first-order chi connectivity index (χ1) is 8.35. The van der Waals surface area contributed by atoms with Crippen LogP contribution in [0.15, 0.2) is 41.6 Å². The highest BCUT2D eigenvalue weighted by atomic mass is 32.2. The number of carbonyl (C=O) groups excluding carboxylic acids is 1. The molecule has 0 atom stereocenters. The van der Waals surface area contributed by atoms with Gasteiger partial charge in [-0.15, -0.1) is 0 Å². The fourth-order valence-electron chi connectivity index (χ4n) is 1.29. The van der Waals surface area contributed by atoms with E-state index in [1.54, 1.807) is 16.9 Å². The molecule has 0 radical (unpaired) electrons. The molecule has 0 amide bonds. The summed E-state index contributed by atoms with van der Waals surface area (Å²) in [6, 6.07) is 7.24. The number of nitrogens with zero attached hydrogens (tertiary/aromatic N) is 2. The summed E-state index contributed by atoms with van der Waals surface area (Å²) < 4.78 is 1.72. The van der Waals surface area contributed by atoms with E-state index in [2.05, 4.69) is 10.8 Å². The van der Waals surface area contributed by atoms with Crippen molar-refractivity contribution in [2.45, 2.75) is 4.90 Å². The summed E-state index contributed by atoms with van der Waals surface area (Å²) in [6.45, 7) is 0. The lowest BCUT2D eigenvalue weighted by Crippen LogP contribution is -1.97. The van der Waals surface area contributed by atoms with Crippen LogP contribution in [0.4, 0.5) is 0 Å². The number of aldehydes is 1. The van der Waals surface area contributed by atoms with E-state index in [1.807, 2.05) is 24.4 Å². The highest BCUT2D eigenvalue weighted by molar-refractivity contribution is 7.97. The summed E-state index contributed by atoms with van der Waals surface area (Å²) in [5.74, 6) is 0. The molecule has 0 aliphatic carbocycles. The largest absolute Gasteiger partial charge is 0.333 e. The second-order valence-corrected chi connectivity index (χ2v) is 3.58. The van der Waals surface area contributed by atoms with Gasteiger partial charge < -0.3 is 5.73 Å². The zero-order valence-corrected chi connectivity index (χ0v) is 10.2. The molecule has 1 heterocycles. The third-order valence-electron chi connectivity index (χ3n) is 2.02. The van der Waals surface area contributed by atoms with Gasteiger partial charge in [-0.1, -0.05) is 0 Å². The number of benzene rings is 1. The lowest BCUT2D eigenvalue weighted by molar-refractivity contribution is 0.112. The lowest BCUT2D eigenvalue weighted by atomic mass is 10.2. The molecule has 0 saturated heterocycles. The minimum absolute atomic E-state index is 0.596. The van der Waals surface area contributed by atoms with Gasteiger partial charge in [0.25, 0.3) is 0 Å². The van der Waals surface area contributed by atoms with Crippen LogP contribution in [0, 0.1) is 0 Å². The van der Waals surface area contributed by atoms with E-state index in [0.29, 0.717) is 5.56 Å². The van der Waals surface area contributed by atoms with Crippen LogP contribution in [0.25, 0.3) is 5.69 Å². The van der Waals surface area contributed by atoms with E-state index in [1.165, 1.54) is 7.05 Å². The van der Waals surface area contributed by atoms with Crippen molar-refractivity contribution in [3.63, 3.8) is 0 Å². The summed E-state index contributed by atoms with van der Waals surface area (Å²) in [6.07, 6.45) is 4.33. The maximum Gasteiger partial charge on any atom is 0.151 e. The molecule has 0 aliphatic heterocycles. The summed E-state index contributed by atoms with van der Waals surface area (Å²) in [5, 5.41) is 9.57. The van der Waals surface area contributed by atoms with Gasteiger partial charge in [-0.3, -0.25) is 9.93 Å². The van der Waals surface area contributed by atoms with Crippen LogP contribution in [0.3, 0.4) is 0 Å². The third kappa shape index (κ3) is 3.16. The maximum atomic E-state index is 10.7. The Balaban J connectivity index is 0.000000686. The Morgan fingerprint density at radius 3 is 2.71 bits per heavy atom. The van der Waals surface area contributed by atoms with Gasteiger partial charge in [-0.05, 0) is 43.3 Å². The second kappa shape index (κ2) is 6.85. The average molecular weight is 250 g/mol. The fourth-order valence-corrected chi connectivity index (χ4v) is 1.73. The Kier molecular flexibility index (Phi) is 5.41. The minimum Gasteiger partial charge on any atom is -0.333 e. The van der Waals surface area contributed by atoms with Crippen LogP contribution in [0.5, 0.6) is 0 Å². The molecule has 17 heavy (non-hydrogen) atoms. The van der Waals surface area contributed by atoms with Crippen molar-refractivity contribution in [1.82, 2.24) is 9.78 Å². The third-order valence-corrected chi connectivity index (χ3v) is 2.63. The van der Waals surface area contributed by atoms with Crippen LogP contribution in [0.1, 0.15) is 10.4 Å². The summed E-state index contributed by atoms with van der Waals surface area (Å²) in [5.41, 5.74) is 5.98. The second-order valence-electron chi connectivity index (χ2n) is 2.91. The molecule has 2 aromatic rings. The molecule has 0 fully saturated rings. The van der Waals surface area contributed by atoms with Crippen molar-refractivity contribution in [2.75, 3.05) is 7.05 Å². The van der Waals surface area contributed by atoms with Crippen molar-refractivity contribution < 1.29 is 4.79 Å². The summed E-state index contributed by atoms with van der Waals surface area (Å²) in [7, 11) is 1.50. The zero-order valence-electron chi connectivity index (χ0n) is 9.41. The van der Waals surface area contributed by atoms with E-state index in [4.69, 9.17) is 5.14 Å². The number of aromatic nitrogens is 2. The van der Waals surface area contributed by atoms with Crippen LogP contribution in [0.2, 0.25) is 0 Å². The highest BCUT2D eigenvalue weighted by Gasteiger charge is 2.03. The SMILES string of the molecule is CN.NSc1cc(-n2cccn2)ccc1C=O. The number of rotatable bonds is 3. The van der Waals surface area contributed by atoms with Crippen molar-refractivity contribution in [1.29, 1.82) is 0 Å². The highest BCUT2D eigenvalue weighted by Crippen LogP contribution is 2.20. The van der Waals surface area contributed by atoms with Crippen molar-refractivity contribution in [3.05, 3.63) is 42.2 Å². The zero-order chi connectivity index (χ0) is 12.7. The Bertz CT molecular complexity index is 470. The minimum atomic E-state index is 0.596. The van der Waals surface area contributed by atoms with E-state index < -0.39 is 0 Å². The first kappa shape index (κ1) is 13.4. The van der Waals surface area contributed by atoms with Crippen LogP contribution in [-0.4, -0.2) is 23.1 Å². The predicted molar refractivity (Wildman–Crippen MR) is 69.1 cm³/mol. The molecule has 5 nitrogen and oxygen atoms in total. The quantitative estimate of drug-likeness (QED) is 0.632. The molecule has 2 rings (SSSR count). The van der Waals surface area contributed by atoms with E-state index in [0.717, 1.165) is 28.8 Å². The predicted octanol–water partition coefficient (Wildman–Crippen LogP) is 1.23. The average Bonchev–Trinajstić information content (AvgIpc) is 2.94. The van der Waals surface area contributed by atoms with Gasteiger partial charge in [0.15, 0.2) is 6.29 Å². The van der Waals surface area contributed by atoms with Gasteiger partial charge >= 0.3 is 0 Å². The standard InChI is InChI=1S/C10H9N3OS.CH5N/c11-15-10-6-9(3-2-8(10)7-14)13-5-1-4-12-13;1-2/h1-7H,11H2;2H2,1H3.